The average molecular weight is 401 g/mol. The van der Waals surface area contributed by atoms with Gasteiger partial charge in [-0.05, 0) is 17.2 Å². The minimum Gasteiger partial charge on any atom is -0.369 e. The molecule has 25 heavy (non-hydrogen) atoms. The summed E-state index contributed by atoms with van der Waals surface area (Å²) in [6.07, 6.45) is 4.61. The van der Waals surface area contributed by atoms with Crippen molar-refractivity contribution in [3.8, 4) is 0 Å². The maximum Gasteiger partial charge on any atom is 0.238 e. The molecule has 0 aliphatic heterocycles. The summed E-state index contributed by atoms with van der Waals surface area (Å²) in [5.74, 6) is -0.743. The van der Waals surface area contributed by atoms with Crippen LogP contribution in [0.15, 0.2) is 30.5 Å². The first-order valence-electron chi connectivity index (χ1n) is 7.18. The third-order valence-electron chi connectivity index (χ3n) is 3.12. The van der Waals surface area contributed by atoms with Gasteiger partial charge in [0, 0.05) is 22.6 Å². The fraction of sp³-hybridized carbons (Fsp3) is 0.200. The van der Waals surface area contributed by atoms with Crippen molar-refractivity contribution in [3.63, 3.8) is 0 Å². The molecule has 1 aromatic heterocycles. The zero-order valence-corrected chi connectivity index (χ0v) is 15.5. The number of rotatable bonds is 8. The first-order chi connectivity index (χ1) is 11.8. The van der Waals surface area contributed by atoms with E-state index < -0.39 is 15.9 Å². The van der Waals surface area contributed by atoms with E-state index in [4.69, 9.17) is 23.1 Å². The van der Waals surface area contributed by atoms with Crippen molar-refractivity contribution in [2.75, 3.05) is 10.5 Å². The number of primary amides is 1. The molecule has 134 valence electrons. The van der Waals surface area contributed by atoms with Crippen LogP contribution in [0.2, 0.25) is 5.02 Å². The third kappa shape index (κ3) is 5.82. The van der Waals surface area contributed by atoms with Crippen molar-refractivity contribution in [1.82, 2.24) is 4.98 Å². The summed E-state index contributed by atoms with van der Waals surface area (Å²) in [5, 5.41) is 0.727. The van der Waals surface area contributed by atoms with Crippen LogP contribution in [0.3, 0.4) is 0 Å². The molecule has 0 saturated heterocycles. The Morgan fingerprint density at radius 2 is 2.16 bits per heavy atom. The van der Waals surface area contributed by atoms with E-state index in [1.165, 1.54) is 12.3 Å². The summed E-state index contributed by atoms with van der Waals surface area (Å²) in [6.45, 7) is 0.256. The number of anilines is 1. The average Bonchev–Trinajstić information content (AvgIpc) is 2.92. The van der Waals surface area contributed by atoms with Crippen LogP contribution in [-0.4, -0.2) is 25.1 Å². The maximum absolute atomic E-state index is 12.1. The Morgan fingerprint density at radius 3 is 2.84 bits per heavy atom. The topological polar surface area (TPSA) is 128 Å². The van der Waals surface area contributed by atoms with E-state index in [9.17, 15) is 13.2 Å². The Balaban J connectivity index is 2.03. The molecule has 0 aliphatic rings. The number of benzene rings is 1. The van der Waals surface area contributed by atoms with Crippen LogP contribution in [0.25, 0.3) is 6.08 Å². The van der Waals surface area contributed by atoms with Crippen LogP contribution in [0.1, 0.15) is 16.0 Å². The van der Waals surface area contributed by atoms with Crippen molar-refractivity contribution in [3.05, 3.63) is 51.5 Å². The third-order valence-corrected chi connectivity index (χ3v) is 5.65. The number of halogens is 1. The van der Waals surface area contributed by atoms with Crippen LogP contribution in [0.5, 0.6) is 0 Å². The second-order valence-electron chi connectivity index (χ2n) is 5.07. The number of aromatic nitrogens is 1. The molecular formula is C15H17ClN4O3S2. The van der Waals surface area contributed by atoms with E-state index >= 15 is 0 Å². The Labute approximate surface area is 154 Å². The molecule has 7 nitrogen and oxygen atoms in total. The van der Waals surface area contributed by atoms with Crippen molar-refractivity contribution in [2.24, 2.45) is 11.5 Å². The van der Waals surface area contributed by atoms with Crippen LogP contribution < -0.4 is 16.2 Å². The molecule has 0 saturated carbocycles. The molecule has 1 amide bonds. The molecule has 0 bridgehead atoms. The standard InChI is InChI=1S/C15H17ClN4O3S2/c16-13-5-1-3-10(12(13)8-17)4-2-6-25(22,23)20-15-19-9-11(24-15)7-14(18)21/h1-5,9H,6-8,17H2,(H2,18,21)(H,19,20). The fourth-order valence-electron chi connectivity index (χ4n) is 2.03. The molecule has 0 unspecified atom stereocenters. The predicted molar refractivity (Wildman–Crippen MR) is 101 cm³/mol. The summed E-state index contributed by atoms with van der Waals surface area (Å²) in [4.78, 5) is 15.4. The number of carbonyl (C=O) groups excluding carboxylic acids is 1. The molecule has 10 heteroatoms. The Kier molecular flexibility index (Phi) is 6.54. The second kappa shape index (κ2) is 8.43. The van der Waals surface area contributed by atoms with E-state index in [2.05, 4.69) is 9.71 Å². The van der Waals surface area contributed by atoms with Crippen molar-refractivity contribution >= 4 is 50.1 Å². The highest BCUT2D eigenvalue weighted by molar-refractivity contribution is 7.93. The quantitative estimate of drug-likeness (QED) is 0.621. The van der Waals surface area contributed by atoms with Gasteiger partial charge in [-0.25, -0.2) is 13.4 Å². The first kappa shape index (κ1) is 19.4. The Bertz CT molecular complexity index is 894. The molecule has 2 rings (SSSR count). The summed E-state index contributed by atoms with van der Waals surface area (Å²) in [6, 6.07) is 5.30. The molecule has 5 N–H and O–H groups in total. The van der Waals surface area contributed by atoms with Gasteiger partial charge >= 0.3 is 0 Å². The molecule has 0 fully saturated rings. The zero-order chi connectivity index (χ0) is 18.4. The Morgan fingerprint density at radius 1 is 1.40 bits per heavy atom. The number of nitrogens with one attached hydrogen (secondary N) is 1. The summed E-state index contributed by atoms with van der Waals surface area (Å²) in [7, 11) is -3.62. The van der Waals surface area contributed by atoms with Gasteiger partial charge in [-0.1, -0.05) is 35.9 Å². The van der Waals surface area contributed by atoms with E-state index in [-0.39, 0.29) is 23.8 Å². The van der Waals surface area contributed by atoms with Crippen molar-refractivity contribution in [2.45, 2.75) is 13.0 Å². The fourth-order valence-corrected chi connectivity index (χ4v) is 4.26. The van der Waals surface area contributed by atoms with Gasteiger partial charge in [-0.2, -0.15) is 0 Å². The van der Waals surface area contributed by atoms with Gasteiger partial charge < -0.3 is 11.5 Å². The summed E-state index contributed by atoms with van der Waals surface area (Å²) < 4.78 is 26.6. The minimum absolute atomic E-state index is 0.0237. The number of sulfonamides is 1. The highest BCUT2D eigenvalue weighted by atomic mass is 35.5. The normalized spacial score (nSPS) is 11.8. The molecular weight excluding hydrogens is 384 g/mol. The van der Waals surface area contributed by atoms with Gasteiger partial charge in [0.15, 0.2) is 5.13 Å². The van der Waals surface area contributed by atoms with Crippen LogP contribution in [-0.2, 0) is 27.8 Å². The van der Waals surface area contributed by atoms with E-state index in [1.54, 1.807) is 18.2 Å². The van der Waals surface area contributed by atoms with Gasteiger partial charge in [0.2, 0.25) is 15.9 Å². The molecule has 0 atom stereocenters. The first-order valence-corrected chi connectivity index (χ1v) is 10.0. The number of thiazole rings is 1. The van der Waals surface area contributed by atoms with Crippen LogP contribution in [0.4, 0.5) is 5.13 Å². The summed E-state index contributed by atoms with van der Waals surface area (Å²) >= 11 is 7.13. The number of amides is 1. The van der Waals surface area contributed by atoms with Gasteiger partial charge in [0.25, 0.3) is 0 Å². The molecule has 2 aromatic rings. The van der Waals surface area contributed by atoms with Crippen molar-refractivity contribution < 1.29 is 13.2 Å². The number of hydrogen-bond donors (Lipinski definition) is 3. The monoisotopic (exact) mass is 400 g/mol. The van der Waals surface area contributed by atoms with Gasteiger partial charge in [-0.3, -0.25) is 9.52 Å². The molecule has 0 aliphatic carbocycles. The maximum atomic E-state index is 12.1. The Hall–Kier alpha value is -1.94. The SMILES string of the molecule is NCc1c(Cl)cccc1C=CCS(=O)(=O)Nc1ncc(CC(N)=O)s1. The zero-order valence-electron chi connectivity index (χ0n) is 13.1. The second-order valence-corrected chi connectivity index (χ2v) is 8.36. The number of nitrogens with zero attached hydrogens (tertiary/aromatic N) is 1. The van der Waals surface area contributed by atoms with Crippen LogP contribution >= 0.6 is 22.9 Å². The summed E-state index contributed by atoms with van der Waals surface area (Å²) in [5.41, 5.74) is 12.3. The molecule has 0 radical (unpaired) electrons. The van der Waals surface area contributed by atoms with Gasteiger partial charge in [0.05, 0.1) is 12.2 Å². The van der Waals surface area contributed by atoms with E-state index in [0.29, 0.717) is 9.90 Å². The lowest BCUT2D eigenvalue weighted by Crippen LogP contribution is -2.15. The molecule has 1 aromatic carbocycles. The largest absolute Gasteiger partial charge is 0.369 e. The predicted octanol–water partition coefficient (Wildman–Crippen LogP) is 1.74. The minimum atomic E-state index is -3.62. The number of nitrogens with two attached hydrogens (primary N) is 2. The lowest BCUT2D eigenvalue weighted by atomic mass is 10.1. The smallest absolute Gasteiger partial charge is 0.238 e. The molecule has 0 spiro atoms. The highest BCUT2D eigenvalue weighted by Gasteiger charge is 2.12. The van der Waals surface area contributed by atoms with Gasteiger partial charge in [-0.15, -0.1) is 11.3 Å². The number of carbonyl (C=O) groups is 1. The van der Waals surface area contributed by atoms with Gasteiger partial charge in [0.1, 0.15) is 0 Å². The lowest BCUT2D eigenvalue weighted by Gasteiger charge is -2.06. The van der Waals surface area contributed by atoms with Crippen LogP contribution in [0, 0.1) is 0 Å². The molecule has 1 heterocycles. The van der Waals surface area contributed by atoms with Crippen molar-refractivity contribution in [1.29, 1.82) is 0 Å². The lowest BCUT2D eigenvalue weighted by molar-refractivity contribution is -0.117. The van der Waals surface area contributed by atoms with E-state index in [1.807, 2.05) is 6.07 Å². The highest BCUT2D eigenvalue weighted by Crippen LogP contribution is 2.21. The van der Waals surface area contributed by atoms with E-state index in [0.717, 1.165) is 22.5 Å². The number of hydrogen-bond acceptors (Lipinski definition) is 6.